The zero-order valence-corrected chi connectivity index (χ0v) is 15.6. The molecule has 3 aromatic heterocycles. The number of nitrogens with zero attached hydrogens (tertiary/aromatic N) is 3. The third kappa shape index (κ3) is 2.96. The average molecular weight is 404 g/mol. The van der Waals surface area contributed by atoms with E-state index in [1.807, 2.05) is 6.07 Å². The van der Waals surface area contributed by atoms with Gasteiger partial charge in [-0.3, -0.25) is 4.79 Å². The maximum Gasteiger partial charge on any atom is 0.286 e. The van der Waals surface area contributed by atoms with E-state index in [0.29, 0.717) is 27.2 Å². The normalized spacial score (nSPS) is 11.2. The van der Waals surface area contributed by atoms with Gasteiger partial charge in [0.1, 0.15) is 12.4 Å². The molecule has 0 radical (unpaired) electrons. The van der Waals surface area contributed by atoms with Gasteiger partial charge in [0.15, 0.2) is 4.47 Å². The van der Waals surface area contributed by atoms with Crippen molar-refractivity contribution >= 4 is 46.0 Å². The van der Waals surface area contributed by atoms with Crippen molar-refractivity contribution in [2.24, 2.45) is 0 Å². The number of pyridine rings is 1. The van der Waals surface area contributed by atoms with Gasteiger partial charge < -0.3 is 5.11 Å². The number of hydrogen-bond donors (Lipinski definition) is 0. The van der Waals surface area contributed by atoms with Crippen LogP contribution in [0.15, 0.2) is 54.9 Å². The summed E-state index contributed by atoms with van der Waals surface area (Å²) in [6, 6.07) is 11.8. The highest BCUT2D eigenvalue weighted by Crippen LogP contribution is 2.24. The Bertz CT molecular complexity index is 1120. The molecule has 5 nitrogen and oxygen atoms in total. The molecule has 0 spiro atoms. The highest BCUT2D eigenvalue weighted by molar-refractivity contribution is 7.15. The molecular formula is C18H11Cl2N3O2S. The summed E-state index contributed by atoms with van der Waals surface area (Å²) in [5, 5.41) is 13.4. The van der Waals surface area contributed by atoms with Crippen LogP contribution in [0.3, 0.4) is 0 Å². The van der Waals surface area contributed by atoms with E-state index in [1.165, 1.54) is 15.7 Å². The highest BCUT2D eigenvalue weighted by Gasteiger charge is 2.27. The van der Waals surface area contributed by atoms with Crippen LogP contribution in [0.25, 0.3) is 5.65 Å². The third-order valence-electron chi connectivity index (χ3n) is 3.97. The van der Waals surface area contributed by atoms with Crippen LogP contribution in [0.4, 0.5) is 0 Å². The molecule has 0 saturated heterocycles. The molecule has 1 aromatic carbocycles. The molecular weight excluding hydrogens is 393 g/mol. The van der Waals surface area contributed by atoms with E-state index in [4.69, 9.17) is 23.2 Å². The number of imidazole rings is 1. The average Bonchev–Trinajstić information content (AvgIpc) is 3.17. The van der Waals surface area contributed by atoms with Gasteiger partial charge in [0.25, 0.3) is 5.65 Å². The molecule has 26 heavy (non-hydrogen) atoms. The van der Waals surface area contributed by atoms with Crippen LogP contribution < -0.4 is 9.51 Å². The number of fused-ring (bicyclic) bond motifs is 1. The van der Waals surface area contributed by atoms with Crippen molar-refractivity contribution in [2.75, 3.05) is 0 Å². The molecule has 3 heterocycles. The number of hydrogen-bond acceptors (Lipinski definition) is 4. The van der Waals surface area contributed by atoms with Gasteiger partial charge in [-0.25, -0.2) is 14.0 Å². The maximum absolute atomic E-state index is 13.0. The van der Waals surface area contributed by atoms with Gasteiger partial charge in [-0.05, 0) is 30.3 Å². The lowest BCUT2D eigenvalue weighted by molar-refractivity contribution is -0.582. The van der Waals surface area contributed by atoms with Crippen LogP contribution in [-0.2, 0) is 6.54 Å². The molecule has 0 aliphatic carbocycles. The lowest BCUT2D eigenvalue weighted by atomic mass is 10.1. The zero-order valence-electron chi connectivity index (χ0n) is 13.2. The summed E-state index contributed by atoms with van der Waals surface area (Å²) in [5.41, 5.74) is 1.11. The van der Waals surface area contributed by atoms with Gasteiger partial charge in [0.2, 0.25) is 11.5 Å². The number of carbonyl (C=O) groups excluding carboxylic acids is 1. The van der Waals surface area contributed by atoms with Gasteiger partial charge in [-0.15, -0.1) is 11.3 Å². The van der Waals surface area contributed by atoms with Crippen LogP contribution in [-0.4, -0.2) is 15.3 Å². The molecule has 0 atom stereocenters. The number of halogens is 2. The lowest BCUT2D eigenvalue weighted by Gasteiger charge is -2.05. The number of rotatable bonds is 4. The van der Waals surface area contributed by atoms with E-state index in [9.17, 15) is 9.90 Å². The van der Waals surface area contributed by atoms with Gasteiger partial charge >= 0.3 is 0 Å². The van der Waals surface area contributed by atoms with E-state index in [0.717, 1.165) is 4.88 Å². The maximum atomic E-state index is 13.0. The molecule has 0 bridgehead atoms. The van der Waals surface area contributed by atoms with Crippen molar-refractivity contribution in [3.8, 4) is 5.88 Å². The smallest absolute Gasteiger partial charge is 0.286 e. The fourth-order valence-corrected chi connectivity index (χ4v) is 3.89. The first kappa shape index (κ1) is 17.0. The molecule has 130 valence electrons. The fraction of sp³-hybridized carbons (Fsp3) is 0.0556. The Balaban J connectivity index is 1.89. The van der Waals surface area contributed by atoms with Crippen molar-refractivity contribution < 1.29 is 14.3 Å². The summed E-state index contributed by atoms with van der Waals surface area (Å²) in [4.78, 5) is 17.9. The molecule has 4 aromatic rings. The highest BCUT2D eigenvalue weighted by atomic mass is 35.5. The molecule has 0 saturated carbocycles. The number of thiazole rings is 1. The third-order valence-corrected chi connectivity index (χ3v) is 5.32. The van der Waals surface area contributed by atoms with Crippen LogP contribution in [0.1, 0.15) is 20.9 Å². The van der Waals surface area contributed by atoms with E-state index < -0.39 is 0 Å². The molecule has 0 aliphatic rings. The van der Waals surface area contributed by atoms with Crippen LogP contribution in [0.2, 0.25) is 9.49 Å². The topological polar surface area (TPSA) is 62.0 Å². The van der Waals surface area contributed by atoms with Gasteiger partial charge in [-0.1, -0.05) is 29.3 Å². The minimum atomic E-state index is -0.365. The number of ketones is 1. The van der Waals surface area contributed by atoms with E-state index >= 15 is 0 Å². The lowest BCUT2D eigenvalue weighted by Crippen LogP contribution is -2.24. The summed E-state index contributed by atoms with van der Waals surface area (Å²) in [5.74, 6) is -0.720. The summed E-state index contributed by atoms with van der Waals surface area (Å²) in [6.45, 7) is 0.328. The Kier molecular flexibility index (Phi) is 4.40. The quantitative estimate of drug-likeness (QED) is 0.387. The first-order chi connectivity index (χ1) is 12.5. The predicted octanol–water partition coefficient (Wildman–Crippen LogP) is 3.34. The molecule has 8 heteroatoms. The van der Waals surface area contributed by atoms with Crippen LogP contribution >= 0.6 is 34.5 Å². The van der Waals surface area contributed by atoms with Crippen LogP contribution in [0, 0.1) is 0 Å². The SMILES string of the molecule is O=C(c1ccc(Cl)cc1)c1c([O-])[n+]2ccccc2n1Cc1cnc(Cl)s1. The molecule has 0 aliphatic heterocycles. The van der Waals surface area contributed by atoms with Gasteiger partial charge in [-0.2, -0.15) is 0 Å². The van der Waals surface area contributed by atoms with E-state index in [1.54, 1.807) is 53.4 Å². The first-order valence-electron chi connectivity index (χ1n) is 7.65. The number of benzene rings is 1. The Labute approximate surface area is 162 Å². The van der Waals surface area contributed by atoms with Gasteiger partial charge in [0, 0.05) is 22.8 Å². The van der Waals surface area contributed by atoms with Crippen molar-refractivity contribution in [1.29, 1.82) is 0 Å². The van der Waals surface area contributed by atoms with Crippen molar-refractivity contribution in [3.05, 3.63) is 80.5 Å². The number of aromatic nitrogens is 3. The second-order valence-electron chi connectivity index (χ2n) is 5.58. The van der Waals surface area contributed by atoms with Crippen LogP contribution in [0.5, 0.6) is 5.88 Å². The predicted molar refractivity (Wildman–Crippen MR) is 98.1 cm³/mol. The van der Waals surface area contributed by atoms with E-state index in [2.05, 4.69) is 4.98 Å². The Morgan fingerprint density at radius 3 is 2.65 bits per heavy atom. The van der Waals surface area contributed by atoms with Gasteiger partial charge in [0.05, 0.1) is 11.1 Å². The second-order valence-corrected chi connectivity index (χ2v) is 7.72. The monoisotopic (exact) mass is 403 g/mol. The largest absolute Gasteiger partial charge is 0.839 e. The first-order valence-corrected chi connectivity index (χ1v) is 9.22. The molecule has 0 unspecified atom stereocenters. The Morgan fingerprint density at radius 2 is 1.96 bits per heavy atom. The van der Waals surface area contributed by atoms with Crippen molar-refractivity contribution in [1.82, 2.24) is 9.55 Å². The Morgan fingerprint density at radius 1 is 1.19 bits per heavy atom. The molecule has 4 rings (SSSR count). The molecule has 0 fully saturated rings. The van der Waals surface area contributed by atoms with Crippen molar-refractivity contribution in [3.63, 3.8) is 0 Å². The zero-order chi connectivity index (χ0) is 18.3. The van der Waals surface area contributed by atoms with Crippen molar-refractivity contribution in [2.45, 2.75) is 6.54 Å². The molecule has 0 N–H and O–H groups in total. The minimum absolute atomic E-state index is 0.0862. The summed E-state index contributed by atoms with van der Waals surface area (Å²) in [6.07, 6.45) is 3.29. The molecule has 0 amide bonds. The fourth-order valence-electron chi connectivity index (χ4n) is 2.80. The second kappa shape index (κ2) is 6.72. The number of carbonyl (C=O) groups is 1. The summed E-state index contributed by atoms with van der Waals surface area (Å²) < 4.78 is 3.58. The van der Waals surface area contributed by atoms with E-state index in [-0.39, 0.29) is 17.4 Å². The minimum Gasteiger partial charge on any atom is -0.839 e. The standard InChI is InChI=1S/C18H11Cl2N3O2S/c19-12-6-4-11(5-7-12)16(24)15-17(25)22-8-2-1-3-14(22)23(15)10-13-9-21-18(20)26-13/h1-9H,10H2. The summed E-state index contributed by atoms with van der Waals surface area (Å²) in [7, 11) is 0. The Hall–Kier alpha value is -2.41. The summed E-state index contributed by atoms with van der Waals surface area (Å²) >= 11 is 13.1.